The summed E-state index contributed by atoms with van der Waals surface area (Å²) < 4.78 is 6.63. The van der Waals surface area contributed by atoms with E-state index < -0.39 is 11.7 Å². The van der Waals surface area contributed by atoms with Crippen LogP contribution in [-0.4, -0.2) is 53.7 Å². The summed E-state index contributed by atoms with van der Waals surface area (Å²) in [7, 11) is 0. The maximum atomic E-state index is 13.6. The standard InChI is InChI=1S/C22H30N2O4/c1-21(2,3)19-18(25)16-7-6-15(23-10-4-5-11-23)14-17(16)28-22(19)8-12-24(13-9-22)20(26)27/h6-7,14,19H,4-5,8-13H2,1-3H3,(H,26,27). The van der Waals surface area contributed by atoms with Crippen LogP contribution < -0.4 is 9.64 Å². The van der Waals surface area contributed by atoms with Gasteiger partial charge in [0.1, 0.15) is 11.4 Å². The van der Waals surface area contributed by atoms with Gasteiger partial charge in [-0.1, -0.05) is 20.8 Å². The Morgan fingerprint density at radius 2 is 1.79 bits per heavy atom. The van der Waals surface area contributed by atoms with Gasteiger partial charge in [0.05, 0.1) is 11.5 Å². The molecule has 3 aliphatic heterocycles. The van der Waals surface area contributed by atoms with Crippen LogP contribution in [0.25, 0.3) is 0 Å². The van der Waals surface area contributed by atoms with E-state index in [0.29, 0.717) is 37.2 Å². The van der Waals surface area contributed by atoms with E-state index in [1.54, 1.807) is 0 Å². The lowest BCUT2D eigenvalue weighted by Gasteiger charge is -2.52. The lowest BCUT2D eigenvalue weighted by molar-refractivity contribution is -0.0695. The summed E-state index contributed by atoms with van der Waals surface area (Å²) in [5.41, 5.74) is 0.858. The topological polar surface area (TPSA) is 70.1 Å². The van der Waals surface area contributed by atoms with Crippen molar-refractivity contribution in [1.29, 1.82) is 0 Å². The van der Waals surface area contributed by atoms with Crippen LogP contribution in [0.2, 0.25) is 0 Å². The number of piperidine rings is 1. The zero-order chi connectivity index (χ0) is 20.1. The second-order valence-electron chi connectivity index (χ2n) is 9.47. The Balaban J connectivity index is 1.71. The molecular weight excluding hydrogens is 356 g/mol. The number of anilines is 1. The Bertz CT molecular complexity index is 784. The Hall–Kier alpha value is -2.24. The Morgan fingerprint density at radius 1 is 1.14 bits per heavy atom. The van der Waals surface area contributed by atoms with E-state index in [2.05, 4.69) is 25.7 Å². The van der Waals surface area contributed by atoms with Crippen LogP contribution in [0, 0.1) is 11.3 Å². The highest BCUT2D eigenvalue weighted by Crippen LogP contribution is 2.50. The van der Waals surface area contributed by atoms with Crippen LogP contribution in [0.4, 0.5) is 10.5 Å². The molecule has 0 radical (unpaired) electrons. The molecule has 6 heteroatoms. The highest BCUT2D eigenvalue weighted by molar-refractivity contribution is 6.03. The summed E-state index contributed by atoms with van der Waals surface area (Å²) >= 11 is 0. The van der Waals surface area contributed by atoms with Crippen LogP contribution in [0.1, 0.15) is 56.8 Å². The highest BCUT2D eigenvalue weighted by Gasteiger charge is 2.55. The third-order valence-electron chi connectivity index (χ3n) is 6.55. The number of Topliss-reactive ketones (excluding diaryl/α,β-unsaturated/α-hetero) is 1. The summed E-state index contributed by atoms with van der Waals surface area (Å²) in [6, 6.07) is 5.97. The van der Waals surface area contributed by atoms with E-state index in [9.17, 15) is 14.7 Å². The maximum absolute atomic E-state index is 13.6. The van der Waals surface area contributed by atoms with E-state index in [0.717, 1.165) is 18.8 Å². The molecule has 3 heterocycles. The van der Waals surface area contributed by atoms with Crippen LogP contribution >= 0.6 is 0 Å². The molecule has 152 valence electrons. The van der Waals surface area contributed by atoms with Gasteiger partial charge in [0.15, 0.2) is 5.78 Å². The van der Waals surface area contributed by atoms with Gasteiger partial charge < -0.3 is 19.6 Å². The van der Waals surface area contributed by atoms with E-state index in [1.807, 2.05) is 18.2 Å². The number of carboxylic acid groups (broad SMARTS) is 1. The zero-order valence-corrected chi connectivity index (χ0v) is 17.0. The van der Waals surface area contributed by atoms with Gasteiger partial charge in [-0.25, -0.2) is 4.79 Å². The van der Waals surface area contributed by atoms with Crippen LogP contribution in [0.15, 0.2) is 18.2 Å². The minimum atomic E-state index is -0.902. The van der Waals surface area contributed by atoms with Crippen molar-refractivity contribution in [3.8, 4) is 5.75 Å². The van der Waals surface area contributed by atoms with E-state index in [-0.39, 0.29) is 17.1 Å². The summed E-state index contributed by atoms with van der Waals surface area (Å²) in [6.45, 7) is 9.11. The number of rotatable bonds is 1. The van der Waals surface area contributed by atoms with Gasteiger partial charge in [-0.2, -0.15) is 0 Å². The average molecular weight is 386 g/mol. The molecule has 1 amide bonds. The summed E-state index contributed by atoms with van der Waals surface area (Å²) in [5, 5.41) is 9.33. The zero-order valence-electron chi connectivity index (χ0n) is 17.0. The number of hydrogen-bond donors (Lipinski definition) is 1. The van der Waals surface area contributed by atoms with Crippen molar-refractivity contribution in [2.75, 3.05) is 31.1 Å². The molecule has 1 spiro atoms. The normalized spacial score (nSPS) is 24.2. The van der Waals surface area contributed by atoms with E-state index in [1.165, 1.54) is 17.7 Å². The predicted molar refractivity (Wildman–Crippen MR) is 107 cm³/mol. The molecule has 28 heavy (non-hydrogen) atoms. The second kappa shape index (κ2) is 6.68. The minimum absolute atomic E-state index is 0.130. The third-order valence-corrected chi connectivity index (χ3v) is 6.55. The fourth-order valence-corrected chi connectivity index (χ4v) is 5.29. The van der Waals surface area contributed by atoms with Crippen molar-refractivity contribution < 1.29 is 19.4 Å². The fourth-order valence-electron chi connectivity index (χ4n) is 5.29. The molecule has 0 aliphatic carbocycles. The summed E-state index contributed by atoms with van der Waals surface area (Å²) in [4.78, 5) is 28.7. The number of fused-ring (bicyclic) bond motifs is 1. The number of amides is 1. The molecule has 2 saturated heterocycles. The van der Waals surface area contributed by atoms with Gasteiger partial charge in [-0.3, -0.25) is 4.79 Å². The van der Waals surface area contributed by atoms with Crippen molar-refractivity contribution in [3.05, 3.63) is 23.8 Å². The lowest BCUT2D eigenvalue weighted by Crippen LogP contribution is -2.60. The SMILES string of the molecule is CC(C)(C)C1C(=O)c2ccc(N3CCCC3)cc2OC12CCN(C(=O)O)CC2. The van der Waals surface area contributed by atoms with Gasteiger partial charge >= 0.3 is 6.09 Å². The first kappa shape index (κ1) is 19.1. The predicted octanol–water partition coefficient (Wildman–Crippen LogP) is 4.04. The molecule has 3 aliphatic rings. The molecule has 1 unspecified atom stereocenters. The molecule has 1 N–H and O–H groups in total. The van der Waals surface area contributed by atoms with Crippen LogP contribution in [0.5, 0.6) is 5.75 Å². The molecular formula is C22H30N2O4. The molecule has 0 aromatic heterocycles. The molecule has 1 aromatic carbocycles. The Labute approximate surface area is 166 Å². The molecule has 6 nitrogen and oxygen atoms in total. The van der Waals surface area contributed by atoms with Crippen LogP contribution in [0.3, 0.4) is 0 Å². The monoisotopic (exact) mass is 386 g/mol. The molecule has 2 fully saturated rings. The van der Waals surface area contributed by atoms with Gasteiger partial charge in [-0.05, 0) is 30.4 Å². The quantitative estimate of drug-likeness (QED) is 0.789. The highest BCUT2D eigenvalue weighted by atomic mass is 16.5. The molecule has 1 atom stereocenters. The van der Waals surface area contributed by atoms with Crippen molar-refractivity contribution in [2.45, 2.75) is 52.1 Å². The molecule has 0 bridgehead atoms. The largest absolute Gasteiger partial charge is 0.486 e. The van der Waals surface area contributed by atoms with Crippen molar-refractivity contribution >= 4 is 17.6 Å². The number of likely N-dealkylation sites (tertiary alicyclic amines) is 1. The minimum Gasteiger partial charge on any atom is -0.486 e. The van der Waals surface area contributed by atoms with Gasteiger partial charge in [0.2, 0.25) is 0 Å². The van der Waals surface area contributed by atoms with Crippen molar-refractivity contribution in [3.63, 3.8) is 0 Å². The first-order chi connectivity index (χ1) is 13.2. The first-order valence-electron chi connectivity index (χ1n) is 10.3. The summed E-state index contributed by atoms with van der Waals surface area (Å²) in [5.74, 6) is 0.505. The number of carbonyl (C=O) groups excluding carboxylic acids is 1. The van der Waals surface area contributed by atoms with E-state index in [4.69, 9.17) is 4.74 Å². The second-order valence-corrected chi connectivity index (χ2v) is 9.47. The van der Waals surface area contributed by atoms with Gasteiger partial charge in [-0.15, -0.1) is 0 Å². The average Bonchev–Trinajstić information content (AvgIpc) is 3.15. The van der Waals surface area contributed by atoms with Crippen molar-refractivity contribution in [2.24, 2.45) is 11.3 Å². The number of hydrogen-bond acceptors (Lipinski definition) is 4. The Morgan fingerprint density at radius 3 is 2.36 bits per heavy atom. The van der Waals surface area contributed by atoms with Crippen molar-refractivity contribution in [1.82, 2.24) is 4.90 Å². The molecule has 0 saturated carbocycles. The number of ether oxygens (including phenoxy) is 1. The summed E-state index contributed by atoms with van der Waals surface area (Å²) in [6.07, 6.45) is 2.57. The fraction of sp³-hybridized carbons (Fsp3) is 0.636. The number of nitrogens with zero attached hydrogens (tertiary/aromatic N) is 2. The maximum Gasteiger partial charge on any atom is 0.407 e. The number of carbonyl (C=O) groups is 2. The molecule has 4 rings (SSSR count). The Kier molecular flexibility index (Phi) is 4.55. The smallest absolute Gasteiger partial charge is 0.407 e. The first-order valence-corrected chi connectivity index (χ1v) is 10.3. The van der Waals surface area contributed by atoms with Crippen LogP contribution in [-0.2, 0) is 0 Å². The van der Waals surface area contributed by atoms with Gasteiger partial charge in [0.25, 0.3) is 0 Å². The van der Waals surface area contributed by atoms with E-state index >= 15 is 0 Å². The molecule has 1 aromatic rings. The lowest BCUT2D eigenvalue weighted by atomic mass is 9.62. The van der Waals surface area contributed by atoms with Gasteiger partial charge in [0, 0.05) is 50.8 Å². The number of benzene rings is 1. The number of ketones is 1. The third kappa shape index (κ3) is 3.12.